The molecule has 1 amide bonds. The van der Waals surface area contributed by atoms with E-state index in [1.807, 2.05) is 23.1 Å². The number of rotatable bonds is 4. The Morgan fingerprint density at radius 2 is 1.89 bits per heavy atom. The summed E-state index contributed by atoms with van der Waals surface area (Å²) in [6.45, 7) is 1.86. The summed E-state index contributed by atoms with van der Waals surface area (Å²) in [5.74, 6) is -0.495. The van der Waals surface area contributed by atoms with E-state index in [9.17, 15) is 18.0 Å². The number of hydrogen-bond acceptors (Lipinski definition) is 3. The number of para-hydroxylation sites is 1. The minimum atomic E-state index is -4.53. The number of alkyl halides is 3. The summed E-state index contributed by atoms with van der Waals surface area (Å²) in [6.07, 6.45) is -4.53. The van der Waals surface area contributed by atoms with Gasteiger partial charge in [-0.1, -0.05) is 41.9 Å². The van der Waals surface area contributed by atoms with Gasteiger partial charge in [-0.2, -0.15) is 13.2 Å². The monoisotopic (exact) mass is 397 g/mol. The molecule has 0 bridgehead atoms. The highest BCUT2D eigenvalue weighted by molar-refractivity contribution is 6.31. The first-order chi connectivity index (χ1) is 12.9. The van der Waals surface area contributed by atoms with Crippen molar-refractivity contribution in [2.75, 3.05) is 31.5 Å². The fraction of sp³-hybridized carbons (Fsp3) is 0.316. The summed E-state index contributed by atoms with van der Waals surface area (Å²) in [5, 5.41) is 6.26. The van der Waals surface area contributed by atoms with Gasteiger partial charge in [0.2, 0.25) is 5.91 Å². The number of piperazine rings is 1. The van der Waals surface area contributed by atoms with Gasteiger partial charge in [0.05, 0.1) is 17.8 Å². The predicted octanol–water partition coefficient (Wildman–Crippen LogP) is 3.94. The second kappa shape index (κ2) is 8.29. The highest BCUT2D eigenvalue weighted by Crippen LogP contribution is 2.34. The first kappa shape index (κ1) is 19.7. The Morgan fingerprint density at radius 1 is 1.19 bits per heavy atom. The minimum absolute atomic E-state index is 0.0240. The molecule has 1 heterocycles. The highest BCUT2D eigenvalue weighted by atomic mass is 35.5. The molecule has 2 aromatic carbocycles. The van der Waals surface area contributed by atoms with Crippen molar-refractivity contribution < 1.29 is 18.0 Å². The van der Waals surface area contributed by atoms with E-state index in [1.165, 1.54) is 18.2 Å². The lowest BCUT2D eigenvalue weighted by Crippen LogP contribution is -2.48. The van der Waals surface area contributed by atoms with Gasteiger partial charge in [-0.3, -0.25) is 9.69 Å². The van der Waals surface area contributed by atoms with E-state index < -0.39 is 17.6 Å². The van der Waals surface area contributed by atoms with E-state index in [1.54, 1.807) is 6.07 Å². The fourth-order valence-electron chi connectivity index (χ4n) is 3.20. The highest BCUT2D eigenvalue weighted by Gasteiger charge is 2.34. The second-order valence-electron chi connectivity index (χ2n) is 6.30. The van der Waals surface area contributed by atoms with Crippen LogP contribution in [-0.4, -0.2) is 37.0 Å². The molecule has 1 unspecified atom stereocenters. The number of carbonyl (C=O) groups is 1. The second-order valence-corrected chi connectivity index (χ2v) is 6.71. The lowest BCUT2D eigenvalue weighted by atomic mass is 10.0. The van der Waals surface area contributed by atoms with Gasteiger partial charge < -0.3 is 10.6 Å². The van der Waals surface area contributed by atoms with Crippen LogP contribution in [0.2, 0.25) is 5.02 Å². The van der Waals surface area contributed by atoms with Crippen molar-refractivity contribution in [1.82, 2.24) is 10.2 Å². The van der Waals surface area contributed by atoms with E-state index in [2.05, 4.69) is 10.6 Å². The molecule has 0 aromatic heterocycles. The predicted molar refractivity (Wildman–Crippen MR) is 98.7 cm³/mol. The van der Waals surface area contributed by atoms with Gasteiger partial charge in [0.15, 0.2) is 0 Å². The number of amides is 1. The molecule has 0 saturated carbocycles. The summed E-state index contributed by atoms with van der Waals surface area (Å²) >= 11 is 6.28. The molecule has 8 heteroatoms. The maximum absolute atomic E-state index is 13.1. The van der Waals surface area contributed by atoms with E-state index in [-0.39, 0.29) is 18.3 Å². The normalized spacial score (nSPS) is 18.3. The zero-order valence-electron chi connectivity index (χ0n) is 14.4. The van der Waals surface area contributed by atoms with Crippen LogP contribution in [-0.2, 0) is 11.0 Å². The topological polar surface area (TPSA) is 44.4 Å². The van der Waals surface area contributed by atoms with Gasteiger partial charge in [-0.15, -0.1) is 0 Å². The average Bonchev–Trinajstić information content (AvgIpc) is 2.62. The standard InChI is InChI=1S/C19H19ClF3N3O/c20-15-7-3-1-5-13(15)17-11-24-9-10-26(17)12-18(27)25-16-8-4-2-6-14(16)19(21,22)23/h1-8,17,24H,9-12H2,(H,25,27). The zero-order chi connectivity index (χ0) is 19.4. The quantitative estimate of drug-likeness (QED) is 0.821. The van der Waals surface area contributed by atoms with Gasteiger partial charge in [0.1, 0.15) is 0 Å². The Labute approximate surface area is 160 Å². The van der Waals surface area contributed by atoms with Crippen molar-refractivity contribution in [3.05, 3.63) is 64.7 Å². The van der Waals surface area contributed by atoms with E-state index in [4.69, 9.17) is 11.6 Å². The van der Waals surface area contributed by atoms with Crippen molar-refractivity contribution in [2.24, 2.45) is 0 Å². The van der Waals surface area contributed by atoms with Gasteiger partial charge >= 0.3 is 6.18 Å². The zero-order valence-corrected chi connectivity index (χ0v) is 15.1. The third-order valence-corrected chi connectivity index (χ3v) is 4.82. The maximum atomic E-state index is 13.1. The Morgan fingerprint density at radius 3 is 2.63 bits per heavy atom. The number of hydrogen-bond donors (Lipinski definition) is 2. The fourth-order valence-corrected chi connectivity index (χ4v) is 3.46. The summed E-state index contributed by atoms with van der Waals surface area (Å²) in [6, 6.07) is 12.2. The van der Waals surface area contributed by atoms with Crippen LogP contribution in [0.1, 0.15) is 17.2 Å². The molecule has 0 spiro atoms. The van der Waals surface area contributed by atoms with Crippen LogP contribution in [0.4, 0.5) is 18.9 Å². The number of anilines is 1. The lowest BCUT2D eigenvalue weighted by molar-refractivity contribution is -0.137. The molecule has 1 fully saturated rings. The molecule has 0 radical (unpaired) electrons. The Hall–Kier alpha value is -2.09. The van der Waals surface area contributed by atoms with E-state index in [0.717, 1.165) is 11.6 Å². The van der Waals surface area contributed by atoms with Gasteiger partial charge in [0.25, 0.3) is 0 Å². The summed E-state index contributed by atoms with van der Waals surface area (Å²) < 4.78 is 39.3. The van der Waals surface area contributed by atoms with Crippen LogP contribution in [0, 0.1) is 0 Å². The first-order valence-corrected chi connectivity index (χ1v) is 8.89. The number of carbonyl (C=O) groups excluding carboxylic acids is 1. The summed E-state index contributed by atoms with van der Waals surface area (Å²) in [4.78, 5) is 14.4. The van der Waals surface area contributed by atoms with Crippen LogP contribution in [0.3, 0.4) is 0 Å². The van der Waals surface area contributed by atoms with Crippen molar-refractivity contribution in [2.45, 2.75) is 12.2 Å². The minimum Gasteiger partial charge on any atom is -0.324 e. The summed E-state index contributed by atoms with van der Waals surface area (Å²) in [7, 11) is 0. The van der Waals surface area contributed by atoms with Crippen LogP contribution < -0.4 is 10.6 Å². The lowest BCUT2D eigenvalue weighted by Gasteiger charge is -2.36. The van der Waals surface area contributed by atoms with Crippen LogP contribution in [0.5, 0.6) is 0 Å². The first-order valence-electron chi connectivity index (χ1n) is 8.51. The molecule has 2 N–H and O–H groups in total. The van der Waals surface area contributed by atoms with Crippen molar-refractivity contribution in [3.63, 3.8) is 0 Å². The maximum Gasteiger partial charge on any atom is 0.418 e. The van der Waals surface area contributed by atoms with E-state index in [0.29, 0.717) is 24.7 Å². The smallest absolute Gasteiger partial charge is 0.324 e. The summed E-state index contributed by atoms with van der Waals surface area (Å²) in [5.41, 5.74) is -0.212. The largest absolute Gasteiger partial charge is 0.418 e. The van der Waals surface area contributed by atoms with Gasteiger partial charge in [-0.25, -0.2) is 0 Å². The molecule has 1 saturated heterocycles. The van der Waals surface area contributed by atoms with Crippen molar-refractivity contribution in [1.29, 1.82) is 0 Å². The molecule has 1 aliphatic rings. The molecule has 144 valence electrons. The number of benzene rings is 2. The molecule has 4 nitrogen and oxygen atoms in total. The van der Waals surface area contributed by atoms with Crippen molar-refractivity contribution in [3.8, 4) is 0 Å². The SMILES string of the molecule is O=C(CN1CCNCC1c1ccccc1Cl)Nc1ccccc1C(F)(F)F. The average molecular weight is 398 g/mol. The van der Waals surface area contributed by atoms with Crippen LogP contribution >= 0.6 is 11.6 Å². The molecule has 0 aliphatic carbocycles. The molecular weight excluding hydrogens is 379 g/mol. The van der Waals surface area contributed by atoms with Gasteiger partial charge in [0, 0.05) is 30.7 Å². The van der Waals surface area contributed by atoms with Gasteiger partial charge in [-0.05, 0) is 23.8 Å². The molecule has 27 heavy (non-hydrogen) atoms. The molecule has 3 rings (SSSR count). The van der Waals surface area contributed by atoms with Crippen LogP contribution in [0.25, 0.3) is 0 Å². The van der Waals surface area contributed by atoms with E-state index >= 15 is 0 Å². The Bertz CT molecular complexity index is 813. The van der Waals surface area contributed by atoms with Crippen molar-refractivity contribution >= 4 is 23.2 Å². The molecule has 1 atom stereocenters. The third-order valence-electron chi connectivity index (χ3n) is 4.47. The molecule has 1 aliphatic heterocycles. The molecule has 2 aromatic rings. The Balaban J connectivity index is 1.74. The van der Waals surface area contributed by atoms with Crippen LogP contribution in [0.15, 0.2) is 48.5 Å². The molecular formula is C19H19ClF3N3O. The number of nitrogens with one attached hydrogen (secondary N) is 2. The third kappa shape index (κ3) is 4.80. The Kier molecular flexibility index (Phi) is 6.04. The number of halogens is 4. The number of nitrogens with zero attached hydrogens (tertiary/aromatic N) is 1.